The number of nitrogens with one attached hydrogen (secondary N) is 2. The van der Waals surface area contributed by atoms with Crippen LogP contribution >= 0.6 is 12.6 Å². The van der Waals surface area contributed by atoms with Crippen molar-refractivity contribution in [2.45, 2.75) is 37.9 Å². The van der Waals surface area contributed by atoms with E-state index in [2.05, 4.69) is 28.5 Å². The summed E-state index contributed by atoms with van der Waals surface area (Å²) in [7, 11) is 0. The van der Waals surface area contributed by atoms with E-state index in [1.165, 1.54) is 0 Å². The molecule has 2 atom stereocenters. The van der Waals surface area contributed by atoms with E-state index in [9.17, 15) is 9.59 Å². The average Bonchev–Trinajstić information content (AvgIpc) is 3.37. The fraction of sp³-hybridized carbons (Fsp3) is 0.471. The summed E-state index contributed by atoms with van der Waals surface area (Å²) in [6, 6.07) is 7.59. The molecule has 2 aliphatic rings. The lowest BCUT2D eigenvalue weighted by molar-refractivity contribution is -0.122. The molecule has 5 nitrogen and oxygen atoms in total. The van der Waals surface area contributed by atoms with Crippen molar-refractivity contribution in [3.05, 3.63) is 29.8 Å². The molecule has 1 aromatic carbocycles. The summed E-state index contributed by atoms with van der Waals surface area (Å²) >= 11 is 4.50. The number of benzene rings is 1. The van der Waals surface area contributed by atoms with E-state index in [0.717, 1.165) is 23.4 Å². The van der Waals surface area contributed by atoms with Crippen molar-refractivity contribution in [3.63, 3.8) is 0 Å². The molecule has 2 N–H and O–H groups in total. The van der Waals surface area contributed by atoms with Gasteiger partial charge in [0.15, 0.2) is 0 Å². The molecule has 0 bridgehead atoms. The molecule has 1 aliphatic heterocycles. The number of anilines is 1. The van der Waals surface area contributed by atoms with E-state index in [-0.39, 0.29) is 23.7 Å². The molecular weight excluding hydrogens is 310 g/mol. The van der Waals surface area contributed by atoms with Gasteiger partial charge in [0.25, 0.3) is 0 Å². The first-order valence-electron chi connectivity index (χ1n) is 8.00. The van der Waals surface area contributed by atoms with Crippen molar-refractivity contribution in [2.24, 2.45) is 16.9 Å². The lowest BCUT2D eigenvalue weighted by atomic mass is 10.0. The smallest absolute Gasteiger partial charge is 0.243 e. The predicted molar refractivity (Wildman–Crippen MR) is 93.6 cm³/mol. The van der Waals surface area contributed by atoms with E-state index in [0.29, 0.717) is 12.8 Å². The minimum Gasteiger partial charge on any atom is -0.325 e. The zero-order valence-electron chi connectivity index (χ0n) is 13.3. The lowest BCUT2D eigenvalue weighted by Gasteiger charge is -2.24. The molecule has 0 radical (unpaired) electrons. The van der Waals surface area contributed by atoms with Gasteiger partial charge in [-0.25, -0.2) is 5.43 Å². The van der Waals surface area contributed by atoms with Gasteiger partial charge in [-0.15, -0.1) is 0 Å². The van der Waals surface area contributed by atoms with Gasteiger partial charge in [0, 0.05) is 17.5 Å². The van der Waals surface area contributed by atoms with Crippen LogP contribution in [0, 0.1) is 11.8 Å². The number of fused-ring (bicyclic) bond motifs is 1. The molecular formula is C17H21N3O2S. The van der Waals surface area contributed by atoms with E-state index in [1.54, 1.807) is 0 Å². The van der Waals surface area contributed by atoms with E-state index in [1.807, 2.05) is 38.1 Å². The second kappa shape index (κ2) is 6.00. The minimum absolute atomic E-state index is 0.0203. The second-order valence-electron chi connectivity index (χ2n) is 6.19. The number of hydrazone groups is 1. The van der Waals surface area contributed by atoms with Gasteiger partial charge >= 0.3 is 0 Å². The quantitative estimate of drug-likeness (QED) is 0.726. The SMILES string of the molecule is CCC(S)(CC)C(=O)Nc1ccc(C2=NNC(=O)C3CC23)cc1. The maximum Gasteiger partial charge on any atom is 0.243 e. The largest absolute Gasteiger partial charge is 0.325 e. The number of nitrogens with zero attached hydrogens (tertiary/aromatic N) is 1. The summed E-state index contributed by atoms with van der Waals surface area (Å²) in [5.74, 6) is 0.269. The number of carbonyl (C=O) groups is 2. The van der Waals surface area contributed by atoms with Crippen LogP contribution in [0.25, 0.3) is 0 Å². The van der Waals surface area contributed by atoms with Crippen molar-refractivity contribution in [3.8, 4) is 0 Å². The standard InChI is InChI=1S/C17H21N3O2S/c1-3-17(23,4-2)16(22)18-11-7-5-10(6-8-11)14-12-9-13(12)15(21)20-19-14/h5-8,12-13,23H,3-4,9H2,1-2H3,(H,18,22)(H,20,21). The van der Waals surface area contributed by atoms with Crippen LogP contribution in [0.15, 0.2) is 29.4 Å². The van der Waals surface area contributed by atoms with Gasteiger partial charge in [-0.1, -0.05) is 26.0 Å². The van der Waals surface area contributed by atoms with Gasteiger partial charge < -0.3 is 5.32 Å². The molecule has 0 spiro atoms. The number of amides is 2. The molecule has 2 amide bonds. The van der Waals surface area contributed by atoms with Crippen LogP contribution in [-0.4, -0.2) is 22.3 Å². The molecule has 122 valence electrons. The van der Waals surface area contributed by atoms with Gasteiger partial charge in [0.05, 0.1) is 10.5 Å². The molecule has 1 heterocycles. The van der Waals surface area contributed by atoms with Crippen molar-refractivity contribution < 1.29 is 9.59 Å². The molecule has 3 rings (SSSR count). The van der Waals surface area contributed by atoms with E-state index < -0.39 is 4.75 Å². The number of hydrogen-bond donors (Lipinski definition) is 3. The van der Waals surface area contributed by atoms with E-state index >= 15 is 0 Å². The van der Waals surface area contributed by atoms with Gasteiger partial charge in [0.2, 0.25) is 11.8 Å². The first-order valence-corrected chi connectivity index (χ1v) is 8.45. The van der Waals surface area contributed by atoms with Crippen molar-refractivity contribution in [2.75, 3.05) is 5.32 Å². The molecule has 23 heavy (non-hydrogen) atoms. The third-order valence-electron chi connectivity index (χ3n) is 4.80. The van der Waals surface area contributed by atoms with E-state index in [4.69, 9.17) is 0 Å². The Morgan fingerprint density at radius 1 is 1.30 bits per heavy atom. The summed E-state index contributed by atoms with van der Waals surface area (Å²) in [6.45, 7) is 3.92. The van der Waals surface area contributed by atoms with Crippen LogP contribution in [0.1, 0.15) is 38.7 Å². The summed E-state index contributed by atoms with van der Waals surface area (Å²) in [5.41, 5.74) is 5.23. The fourth-order valence-corrected chi connectivity index (χ4v) is 2.95. The number of rotatable bonds is 5. The second-order valence-corrected chi connectivity index (χ2v) is 7.05. The fourth-order valence-electron chi connectivity index (χ4n) is 2.89. The Kier molecular flexibility index (Phi) is 4.19. The Bertz CT molecular complexity index is 665. The Morgan fingerprint density at radius 3 is 2.57 bits per heavy atom. The zero-order chi connectivity index (χ0) is 16.6. The maximum absolute atomic E-state index is 12.3. The molecule has 2 unspecified atom stereocenters. The Hall–Kier alpha value is -1.82. The van der Waals surface area contributed by atoms with Crippen molar-refractivity contribution in [1.82, 2.24) is 5.43 Å². The summed E-state index contributed by atoms with van der Waals surface area (Å²) in [4.78, 5) is 23.8. The summed E-state index contributed by atoms with van der Waals surface area (Å²) in [5, 5.41) is 7.10. The molecule has 1 aliphatic carbocycles. The Morgan fingerprint density at radius 2 is 1.96 bits per heavy atom. The molecule has 1 fully saturated rings. The first kappa shape index (κ1) is 16.1. The number of carbonyl (C=O) groups excluding carboxylic acids is 2. The van der Waals surface area contributed by atoms with Gasteiger partial charge in [-0.3, -0.25) is 9.59 Å². The highest BCUT2D eigenvalue weighted by atomic mass is 32.1. The molecule has 1 saturated carbocycles. The van der Waals surface area contributed by atoms with Gasteiger partial charge in [0.1, 0.15) is 0 Å². The van der Waals surface area contributed by atoms with Crippen LogP contribution < -0.4 is 10.7 Å². The molecule has 1 aromatic rings. The van der Waals surface area contributed by atoms with Gasteiger partial charge in [-0.2, -0.15) is 17.7 Å². The highest BCUT2D eigenvalue weighted by molar-refractivity contribution is 7.82. The predicted octanol–water partition coefficient (Wildman–Crippen LogP) is 2.58. The Balaban J connectivity index is 1.71. The normalized spacial score (nSPS) is 22.7. The lowest BCUT2D eigenvalue weighted by Crippen LogP contribution is -2.36. The number of thiol groups is 1. The van der Waals surface area contributed by atoms with Crippen LogP contribution in [-0.2, 0) is 9.59 Å². The number of hydrogen-bond acceptors (Lipinski definition) is 4. The monoisotopic (exact) mass is 331 g/mol. The van der Waals surface area contributed by atoms with Gasteiger partial charge in [-0.05, 0) is 37.0 Å². The first-order chi connectivity index (χ1) is 11.0. The van der Waals surface area contributed by atoms with Crippen LogP contribution in [0.3, 0.4) is 0 Å². The molecule has 6 heteroatoms. The van der Waals surface area contributed by atoms with Crippen molar-refractivity contribution in [1.29, 1.82) is 0 Å². The highest BCUT2D eigenvalue weighted by Crippen LogP contribution is 2.43. The van der Waals surface area contributed by atoms with Crippen LogP contribution in [0.2, 0.25) is 0 Å². The summed E-state index contributed by atoms with van der Waals surface area (Å²) < 4.78 is -0.641. The average molecular weight is 331 g/mol. The Labute approximate surface area is 141 Å². The van der Waals surface area contributed by atoms with Crippen LogP contribution in [0.5, 0.6) is 0 Å². The molecule has 0 aromatic heterocycles. The zero-order valence-corrected chi connectivity index (χ0v) is 14.2. The van der Waals surface area contributed by atoms with Crippen molar-refractivity contribution >= 4 is 35.8 Å². The third kappa shape index (κ3) is 3.00. The maximum atomic E-state index is 12.3. The topological polar surface area (TPSA) is 70.6 Å². The highest BCUT2D eigenvalue weighted by Gasteiger charge is 2.49. The van der Waals surface area contributed by atoms with Crippen LogP contribution in [0.4, 0.5) is 5.69 Å². The summed E-state index contributed by atoms with van der Waals surface area (Å²) in [6.07, 6.45) is 2.23. The third-order valence-corrected chi connectivity index (χ3v) is 5.63. The molecule has 0 saturated heterocycles. The minimum atomic E-state index is -0.641.